The first-order valence-electron chi connectivity index (χ1n) is 9.77. The van der Waals surface area contributed by atoms with Crippen molar-refractivity contribution in [3.63, 3.8) is 0 Å². The molecule has 4 saturated carbocycles. The van der Waals surface area contributed by atoms with Gasteiger partial charge in [-0.1, -0.05) is 48.7 Å². The third kappa shape index (κ3) is 2.49. The number of carbonyl (C=O) groups excluding carboxylic acids is 2. The molecule has 0 bridgehead atoms. The van der Waals surface area contributed by atoms with Crippen LogP contribution in [0.25, 0.3) is 0 Å². The highest BCUT2D eigenvalue weighted by molar-refractivity contribution is 6.68. The second kappa shape index (κ2) is 5.84. The van der Waals surface area contributed by atoms with Gasteiger partial charge >= 0.3 is 0 Å². The number of hydrogen-bond acceptors (Lipinski definition) is 3. The van der Waals surface area contributed by atoms with Crippen molar-refractivity contribution in [1.82, 2.24) is 0 Å². The van der Waals surface area contributed by atoms with Gasteiger partial charge in [0.15, 0.2) is 0 Å². The van der Waals surface area contributed by atoms with Crippen LogP contribution in [-0.4, -0.2) is 26.1 Å². The number of carbonyl (C=O) groups is 2. The lowest BCUT2D eigenvalue weighted by molar-refractivity contribution is -0.167. The molecule has 7 unspecified atom stereocenters. The summed E-state index contributed by atoms with van der Waals surface area (Å²) in [6.07, 6.45) is 5.24. The van der Waals surface area contributed by atoms with Crippen molar-refractivity contribution in [2.24, 2.45) is 34.5 Å². The van der Waals surface area contributed by atoms with Crippen molar-refractivity contribution in [3.8, 4) is 0 Å². The number of fused-ring (bicyclic) bond motifs is 5. The molecule has 0 aromatic rings. The van der Waals surface area contributed by atoms with E-state index in [1.54, 1.807) is 0 Å². The van der Waals surface area contributed by atoms with Crippen molar-refractivity contribution >= 4 is 46.4 Å². The standard InChI is InChI=1S/C20H27Cl3O3/c1-17-7-8-19(26,20(21,22)23)10-11(17)9-14(24)16-12-3-4-15(25)18(12,2)6-5-13(16)17/h11-13,16,26H,3-10H2,1-2H3. The van der Waals surface area contributed by atoms with Crippen molar-refractivity contribution < 1.29 is 14.7 Å². The molecule has 1 N–H and O–H groups in total. The van der Waals surface area contributed by atoms with Crippen molar-refractivity contribution in [1.29, 1.82) is 0 Å². The molecular weight excluding hydrogens is 395 g/mol. The zero-order valence-corrected chi connectivity index (χ0v) is 17.6. The Bertz CT molecular complexity index is 659. The number of alkyl halides is 3. The molecule has 4 aliphatic carbocycles. The van der Waals surface area contributed by atoms with E-state index in [2.05, 4.69) is 13.8 Å². The van der Waals surface area contributed by atoms with E-state index >= 15 is 0 Å². The summed E-state index contributed by atoms with van der Waals surface area (Å²) < 4.78 is -1.74. The highest BCUT2D eigenvalue weighted by atomic mass is 35.6. The number of Topliss-reactive ketones (excluding diaryl/α,β-unsaturated/α-hetero) is 2. The summed E-state index contributed by atoms with van der Waals surface area (Å²) in [5.74, 6) is 1.09. The minimum absolute atomic E-state index is 0.0135. The van der Waals surface area contributed by atoms with Crippen LogP contribution in [0.3, 0.4) is 0 Å². The Morgan fingerprint density at radius 1 is 1.04 bits per heavy atom. The van der Waals surface area contributed by atoms with Crippen LogP contribution < -0.4 is 0 Å². The molecule has 6 heteroatoms. The molecule has 4 rings (SSSR count). The molecule has 0 aromatic carbocycles. The molecule has 0 heterocycles. The van der Waals surface area contributed by atoms with Gasteiger partial charge in [0.05, 0.1) is 0 Å². The van der Waals surface area contributed by atoms with Crippen LogP contribution in [-0.2, 0) is 9.59 Å². The lowest BCUT2D eigenvalue weighted by Gasteiger charge is -2.61. The average Bonchev–Trinajstić information content (AvgIpc) is 2.84. The van der Waals surface area contributed by atoms with Crippen LogP contribution >= 0.6 is 34.8 Å². The molecular formula is C20H27Cl3O3. The normalized spacial score (nSPS) is 51.6. The fraction of sp³-hybridized carbons (Fsp3) is 0.900. The van der Waals surface area contributed by atoms with E-state index in [-0.39, 0.29) is 40.3 Å². The minimum atomic E-state index is -1.74. The van der Waals surface area contributed by atoms with Crippen LogP contribution in [0.4, 0.5) is 0 Å². The molecule has 4 fully saturated rings. The van der Waals surface area contributed by atoms with E-state index in [4.69, 9.17) is 34.8 Å². The zero-order chi connectivity index (χ0) is 19.1. The molecule has 0 radical (unpaired) electrons. The van der Waals surface area contributed by atoms with Gasteiger partial charge in [-0.3, -0.25) is 9.59 Å². The zero-order valence-electron chi connectivity index (χ0n) is 15.4. The van der Waals surface area contributed by atoms with Crippen molar-refractivity contribution in [2.75, 3.05) is 0 Å². The quantitative estimate of drug-likeness (QED) is 0.567. The fourth-order valence-corrected chi connectivity index (χ4v) is 7.47. The molecule has 26 heavy (non-hydrogen) atoms. The second-order valence-corrected chi connectivity index (χ2v) is 12.0. The monoisotopic (exact) mass is 420 g/mol. The highest BCUT2D eigenvalue weighted by Crippen LogP contribution is 2.66. The molecule has 0 aromatic heterocycles. The maximum atomic E-state index is 13.2. The molecule has 0 amide bonds. The summed E-state index contributed by atoms with van der Waals surface area (Å²) in [5.41, 5.74) is -1.72. The van der Waals surface area contributed by atoms with Gasteiger partial charge in [-0.2, -0.15) is 0 Å². The Balaban J connectivity index is 1.66. The Labute approximate surface area is 170 Å². The average molecular weight is 422 g/mol. The van der Waals surface area contributed by atoms with Crippen LogP contribution in [0.5, 0.6) is 0 Å². The van der Waals surface area contributed by atoms with Crippen molar-refractivity contribution in [3.05, 3.63) is 0 Å². The molecule has 4 aliphatic rings. The first-order chi connectivity index (χ1) is 11.9. The van der Waals surface area contributed by atoms with Gasteiger partial charge in [-0.25, -0.2) is 0 Å². The highest BCUT2D eigenvalue weighted by Gasteiger charge is 2.65. The van der Waals surface area contributed by atoms with Crippen molar-refractivity contribution in [2.45, 2.75) is 74.6 Å². The lowest BCUT2D eigenvalue weighted by atomic mass is 9.44. The summed E-state index contributed by atoms with van der Waals surface area (Å²) in [7, 11) is 0. The van der Waals surface area contributed by atoms with Gasteiger partial charge in [-0.15, -0.1) is 0 Å². The Hall–Kier alpha value is 0.170. The summed E-state index contributed by atoms with van der Waals surface area (Å²) in [6, 6.07) is 0. The third-order valence-corrected chi connectivity index (χ3v) is 9.82. The van der Waals surface area contributed by atoms with Crippen LogP contribution in [0, 0.1) is 34.5 Å². The lowest BCUT2D eigenvalue weighted by Crippen LogP contribution is -2.60. The molecule has 146 valence electrons. The minimum Gasteiger partial charge on any atom is -0.385 e. The van der Waals surface area contributed by atoms with Gasteiger partial charge in [0.2, 0.25) is 3.79 Å². The van der Waals surface area contributed by atoms with Crippen LogP contribution in [0.15, 0.2) is 0 Å². The largest absolute Gasteiger partial charge is 0.385 e. The van der Waals surface area contributed by atoms with E-state index in [1.165, 1.54) is 0 Å². The topological polar surface area (TPSA) is 54.4 Å². The first kappa shape index (κ1) is 19.5. The van der Waals surface area contributed by atoms with Gasteiger partial charge in [0.1, 0.15) is 17.2 Å². The number of ketones is 2. The number of halogens is 3. The summed E-state index contributed by atoms with van der Waals surface area (Å²) in [6.45, 7) is 4.34. The molecule has 7 atom stereocenters. The third-order valence-electron chi connectivity index (χ3n) is 8.77. The summed E-state index contributed by atoms with van der Waals surface area (Å²) >= 11 is 18.2. The van der Waals surface area contributed by atoms with E-state index in [0.29, 0.717) is 31.5 Å². The Morgan fingerprint density at radius 2 is 1.73 bits per heavy atom. The Kier molecular flexibility index (Phi) is 4.38. The molecule has 3 nitrogen and oxygen atoms in total. The predicted octanol–water partition coefficient (Wildman–Crippen LogP) is 4.88. The van der Waals surface area contributed by atoms with Gasteiger partial charge in [0, 0.05) is 24.2 Å². The van der Waals surface area contributed by atoms with E-state index in [1.807, 2.05) is 0 Å². The van der Waals surface area contributed by atoms with E-state index in [0.717, 1.165) is 25.7 Å². The van der Waals surface area contributed by atoms with Gasteiger partial charge in [-0.05, 0) is 61.7 Å². The summed E-state index contributed by atoms with van der Waals surface area (Å²) in [4.78, 5) is 25.7. The van der Waals surface area contributed by atoms with Crippen LogP contribution in [0.1, 0.15) is 65.2 Å². The smallest absolute Gasteiger partial charge is 0.218 e. The maximum absolute atomic E-state index is 13.2. The summed E-state index contributed by atoms with van der Waals surface area (Å²) in [5, 5.41) is 10.9. The number of aliphatic hydroxyl groups is 1. The molecule has 0 spiro atoms. The second-order valence-electron chi connectivity index (χ2n) is 9.76. The SMILES string of the molecule is CC12CCC3C(C(=O)CC4CC(O)(C(Cl)(Cl)Cl)CCC43C)C1CCC2=O. The van der Waals surface area contributed by atoms with E-state index < -0.39 is 9.39 Å². The first-order valence-corrected chi connectivity index (χ1v) is 10.9. The number of rotatable bonds is 0. The molecule has 0 aliphatic heterocycles. The van der Waals surface area contributed by atoms with Gasteiger partial charge in [0.25, 0.3) is 0 Å². The van der Waals surface area contributed by atoms with Gasteiger partial charge < -0.3 is 5.11 Å². The maximum Gasteiger partial charge on any atom is 0.218 e. The molecule has 0 saturated heterocycles. The van der Waals surface area contributed by atoms with E-state index in [9.17, 15) is 14.7 Å². The van der Waals surface area contributed by atoms with Crippen LogP contribution in [0.2, 0.25) is 0 Å². The Morgan fingerprint density at radius 3 is 2.38 bits per heavy atom. The number of hydrogen-bond donors (Lipinski definition) is 1. The predicted molar refractivity (Wildman–Crippen MR) is 102 cm³/mol. The fourth-order valence-electron chi connectivity index (χ4n) is 6.96.